The van der Waals surface area contributed by atoms with E-state index in [1.54, 1.807) is 33.5 Å². The molecular weight excluding hydrogens is 366 g/mol. The number of amides is 1. The van der Waals surface area contributed by atoms with E-state index in [0.717, 1.165) is 5.56 Å². The van der Waals surface area contributed by atoms with Crippen molar-refractivity contribution in [2.45, 2.75) is 18.2 Å². The van der Waals surface area contributed by atoms with Crippen molar-refractivity contribution in [3.63, 3.8) is 0 Å². The first kappa shape index (κ1) is 19.7. The summed E-state index contributed by atoms with van der Waals surface area (Å²) in [5.41, 5.74) is 0.766. The molecule has 1 aromatic rings. The van der Waals surface area contributed by atoms with Crippen molar-refractivity contribution in [2.75, 3.05) is 38.6 Å². The number of sulfone groups is 1. The molecule has 1 fully saturated rings. The summed E-state index contributed by atoms with van der Waals surface area (Å²) in [5.74, 6) is 2.16. The predicted octanol–water partition coefficient (Wildman–Crippen LogP) is 1.25. The van der Waals surface area contributed by atoms with E-state index in [1.807, 2.05) is 0 Å². The fourth-order valence-electron chi connectivity index (χ4n) is 2.56. The quantitative estimate of drug-likeness (QED) is 0.715. The van der Waals surface area contributed by atoms with Gasteiger partial charge < -0.3 is 19.5 Å². The van der Waals surface area contributed by atoms with Crippen molar-refractivity contribution < 1.29 is 27.4 Å². The third-order valence-electron chi connectivity index (χ3n) is 3.90. The zero-order valence-corrected chi connectivity index (χ0v) is 16.2. The second-order valence-corrected chi connectivity index (χ2v) is 9.15. The van der Waals surface area contributed by atoms with Gasteiger partial charge in [0.2, 0.25) is 5.91 Å². The van der Waals surface area contributed by atoms with Crippen LogP contribution in [-0.4, -0.2) is 58.2 Å². The molecule has 0 bridgehead atoms. The van der Waals surface area contributed by atoms with Crippen molar-refractivity contribution in [3.05, 3.63) is 17.7 Å². The smallest absolute Gasteiger partial charge is 0.230 e. The number of rotatable bonds is 8. The largest absolute Gasteiger partial charge is 0.496 e. The SMILES string of the molecule is COc1cc(OC)c(OC)cc1CNC(=O)CS[C@@H]1CCS(=O)(=O)C1. The molecule has 7 nitrogen and oxygen atoms in total. The van der Waals surface area contributed by atoms with E-state index in [-0.39, 0.29) is 35.0 Å². The number of methoxy groups -OCH3 is 3. The topological polar surface area (TPSA) is 90.9 Å². The van der Waals surface area contributed by atoms with Crippen LogP contribution in [0.5, 0.6) is 17.2 Å². The van der Waals surface area contributed by atoms with Crippen LogP contribution in [-0.2, 0) is 21.2 Å². The van der Waals surface area contributed by atoms with Gasteiger partial charge in [-0.2, -0.15) is 0 Å². The van der Waals surface area contributed by atoms with Crippen LogP contribution in [0.4, 0.5) is 0 Å². The van der Waals surface area contributed by atoms with E-state index in [4.69, 9.17) is 14.2 Å². The fourth-order valence-corrected chi connectivity index (χ4v) is 6.03. The van der Waals surface area contributed by atoms with Crippen LogP contribution in [0.1, 0.15) is 12.0 Å². The first-order valence-corrected chi connectivity index (χ1v) is 10.6. The van der Waals surface area contributed by atoms with Crippen molar-refractivity contribution in [1.29, 1.82) is 0 Å². The van der Waals surface area contributed by atoms with Gasteiger partial charge in [0.05, 0.1) is 38.6 Å². The van der Waals surface area contributed by atoms with E-state index in [9.17, 15) is 13.2 Å². The third kappa shape index (κ3) is 5.43. The van der Waals surface area contributed by atoms with Crippen molar-refractivity contribution >= 4 is 27.5 Å². The van der Waals surface area contributed by atoms with Crippen LogP contribution >= 0.6 is 11.8 Å². The summed E-state index contributed by atoms with van der Waals surface area (Å²) >= 11 is 1.39. The standard InChI is InChI=1S/C16H23NO6S2/c1-21-13-7-15(23-3)14(22-2)6-11(13)8-17-16(18)9-24-12-4-5-25(19,20)10-12/h6-7,12H,4-5,8-10H2,1-3H3,(H,17,18)/t12-/m1/s1. The summed E-state index contributed by atoms with van der Waals surface area (Å²) in [6.07, 6.45) is 0.615. The highest BCUT2D eigenvalue weighted by Crippen LogP contribution is 2.34. The lowest BCUT2D eigenvalue weighted by molar-refractivity contribution is -0.118. The molecule has 9 heteroatoms. The van der Waals surface area contributed by atoms with Gasteiger partial charge in [0.25, 0.3) is 0 Å². The first-order chi connectivity index (χ1) is 11.9. The summed E-state index contributed by atoms with van der Waals surface area (Å²) in [6, 6.07) is 3.47. The van der Waals surface area contributed by atoms with Crippen molar-refractivity contribution in [2.24, 2.45) is 0 Å². The lowest BCUT2D eigenvalue weighted by atomic mass is 10.1. The Balaban J connectivity index is 1.90. The molecule has 0 radical (unpaired) electrons. The summed E-state index contributed by atoms with van der Waals surface area (Å²) in [5, 5.41) is 2.83. The molecule has 0 aromatic heterocycles. The van der Waals surface area contributed by atoms with Gasteiger partial charge in [-0.05, 0) is 12.5 Å². The molecule has 1 aromatic carbocycles. The minimum Gasteiger partial charge on any atom is -0.496 e. The van der Waals surface area contributed by atoms with Gasteiger partial charge in [-0.1, -0.05) is 0 Å². The van der Waals surface area contributed by atoms with Crippen LogP contribution in [0, 0.1) is 0 Å². The zero-order chi connectivity index (χ0) is 18.4. The Kier molecular flexibility index (Phi) is 6.83. The number of carbonyl (C=O) groups excluding carboxylic acids is 1. The summed E-state index contributed by atoms with van der Waals surface area (Å²) in [4.78, 5) is 12.0. The van der Waals surface area contributed by atoms with Gasteiger partial charge >= 0.3 is 0 Å². The maximum atomic E-state index is 12.0. The number of hydrogen-bond acceptors (Lipinski definition) is 7. The highest BCUT2D eigenvalue weighted by Gasteiger charge is 2.28. The molecule has 1 atom stereocenters. The predicted molar refractivity (Wildman–Crippen MR) is 97.5 cm³/mol. The van der Waals surface area contributed by atoms with Crippen LogP contribution < -0.4 is 19.5 Å². The Labute approximate surface area is 152 Å². The van der Waals surface area contributed by atoms with E-state index in [2.05, 4.69) is 5.32 Å². The van der Waals surface area contributed by atoms with Gasteiger partial charge in [0.1, 0.15) is 5.75 Å². The average molecular weight is 389 g/mol. The zero-order valence-electron chi connectivity index (χ0n) is 14.5. The molecule has 1 saturated heterocycles. The highest BCUT2D eigenvalue weighted by atomic mass is 32.2. The Morgan fingerprint density at radius 2 is 1.80 bits per heavy atom. The molecule has 1 aliphatic heterocycles. The third-order valence-corrected chi connectivity index (χ3v) is 7.18. The van der Waals surface area contributed by atoms with E-state index in [1.165, 1.54) is 11.8 Å². The molecule has 1 aliphatic rings. The fraction of sp³-hybridized carbons (Fsp3) is 0.562. The monoisotopic (exact) mass is 389 g/mol. The van der Waals surface area contributed by atoms with Gasteiger partial charge in [0, 0.05) is 23.4 Å². The Bertz CT molecular complexity index is 720. The normalized spacial score (nSPS) is 18.6. The van der Waals surface area contributed by atoms with Gasteiger partial charge in [0.15, 0.2) is 21.3 Å². The minimum absolute atomic E-state index is 0.00589. The maximum absolute atomic E-state index is 12.0. The van der Waals surface area contributed by atoms with Crippen LogP contribution in [0.25, 0.3) is 0 Å². The van der Waals surface area contributed by atoms with E-state index >= 15 is 0 Å². The minimum atomic E-state index is -2.92. The molecule has 0 aliphatic carbocycles. The molecule has 0 unspecified atom stereocenters. The molecule has 1 N–H and O–H groups in total. The summed E-state index contributed by atoms with van der Waals surface area (Å²) < 4.78 is 38.7. The van der Waals surface area contributed by atoms with Crippen molar-refractivity contribution in [3.8, 4) is 17.2 Å². The van der Waals surface area contributed by atoms with E-state index in [0.29, 0.717) is 23.7 Å². The number of hydrogen-bond donors (Lipinski definition) is 1. The number of carbonyl (C=O) groups is 1. The second-order valence-electron chi connectivity index (χ2n) is 5.63. The van der Waals surface area contributed by atoms with E-state index < -0.39 is 9.84 Å². The number of ether oxygens (including phenoxy) is 3. The molecule has 0 saturated carbocycles. The molecule has 0 spiro atoms. The molecule has 1 heterocycles. The molecule has 140 valence electrons. The van der Waals surface area contributed by atoms with Crippen LogP contribution in [0.15, 0.2) is 12.1 Å². The molecule has 25 heavy (non-hydrogen) atoms. The molecule has 1 amide bonds. The number of benzene rings is 1. The van der Waals surface area contributed by atoms with Gasteiger partial charge in [-0.3, -0.25) is 4.79 Å². The average Bonchev–Trinajstić information content (AvgIpc) is 2.96. The van der Waals surface area contributed by atoms with Gasteiger partial charge in [-0.15, -0.1) is 11.8 Å². The number of nitrogens with one attached hydrogen (secondary N) is 1. The second kappa shape index (κ2) is 8.66. The summed E-state index contributed by atoms with van der Waals surface area (Å²) in [6.45, 7) is 0.284. The lowest BCUT2D eigenvalue weighted by Gasteiger charge is -2.15. The van der Waals surface area contributed by atoms with Gasteiger partial charge in [-0.25, -0.2) is 8.42 Å². The number of thioether (sulfide) groups is 1. The Morgan fingerprint density at radius 1 is 1.16 bits per heavy atom. The Hall–Kier alpha value is -1.61. The van der Waals surface area contributed by atoms with Crippen molar-refractivity contribution in [1.82, 2.24) is 5.32 Å². The lowest BCUT2D eigenvalue weighted by Crippen LogP contribution is -2.26. The Morgan fingerprint density at radius 3 is 2.36 bits per heavy atom. The maximum Gasteiger partial charge on any atom is 0.230 e. The first-order valence-electron chi connectivity index (χ1n) is 7.76. The molecule has 2 rings (SSSR count). The van der Waals surface area contributed by atoms with Crippen LogP contribution in [0.3, 0.4) is 0 Å². The highest BCUT2D eigenvalue weighted by molar-refractivity contribution is 8.02. The summed E-state index contributed by atoms with van der Waals surface area (Å²) in [7, 11) is 1.71. The van der Waals surface area contributed by atoms with Crippen LogP contribution in [0.2, 0.25) is 0 Å². The molecular formula is C16H23NO6S2.